The second-order valence-electron chi connectivity index (χ2n) is 22.8. The van der Waals surface area contributed by atoms with Gasteiger partial charge in [-0.25, -0.2) is 21.3 Å². The van der Waals surface area contributed by atoms with Crippen LogP contribution in [-0.2, 0) is 38.1 Å². The second kappa shape index (κ2) is 29.9. The average Bonchev–Trinajstić information content (AvgIpc) is 1.73. The highest BCUT2D eigenvalue weighted by atomic mass is 32.2. The Morgan fingerprint density at radius 2 is 1.51 bits per heavy atom. The maximum atomic E-state index is 14.7. The van der Waals surface area contributed by atoms with Crippen LogP contribution in [0.1, 0.15) is 80.8 Å². The van der Waals surface area contributed by atoms with Crippen molar-refractivity contribution in [3.8, 4) is 39.1 Å². The number of aromatic hydroxyl groups is 1. The normalized spacial score (nSPS) is 26.4. The Morgan fingerprint density at radius 1 is 0.824 bits per heavy atom. The molecule has 1 aliphatic carbocycles. The molecule has 0 radical (unpaired) electrons. The number of hydrogen-bond acceptors (Lipinski definition) is 24. The summed E-state index contributed by atoms with van der Waals surface area (Å²) in [5.74, 6) is -9.62. The fourth-order valence-electron chi connectivity index (χ4n) is 11.4. The van der Waals surface area contributed by atoms with Crippen LogP contribution in [0, 0.1) is 12.5 Å². The van der Waals surface area contributed by atoms with Crippen LogP contribution in [0.25, 0.3) is 31.6 Å². The second-order valence-corrected chi connectivity index (χ2v) is 24.2. The smallest absolute Gasteiger partial charge is 0.261 e. The minimum absolute atomic E-state index is 0.000699. The molecule has 3 aromatic carbocycles. The highest BCUT2D eigenvalue weighted by Gasteiger charge is 2.50. The first-order valence-corrected chi connectivity index (χ1v) is 30.6. The Bertz CT molecular complexity index is 3440. The summed E-state index contributed by atoms with van der Waals surface area (Å²) in [4.78, 5) is 111. The van der Waals surface area contributed by atoms with Gasteiger partial charge in [0.1, 0.15) is 59.2 Å². The maximum absolute atomic E-state index is 14.7. The van der Waals surface area contributed by atoms with Crippen LogP contribution in [-0.4, -0.2) is 217 Å². The van der Waals surface area contributed by atoms with Crippen LogP contribution in [0.4, 0.5) is 0 Å². The number of benzene rings is 3. The fraction of sp³-hybridized carbons (Fsp3) is 0.483. The third-order valence-electron chi connectivity index (χ3n) is 16.3. The van der Waals surface area contributed by atoms with Crippen LogP contribution in [0.5, 0.6) is 17.2 Å². The third-order valence-corrected chi connectivity index (χ3v) is 17.6. The molecule has 31 nitrogen and oxygen atoms in total. The van der Waals surface area contributed by atoms with Crippen molar-refractivity contribution in [3.63, 3.8) is 0 Å². The summed E-state index contributed by atoms with van der Waals surface area (Å²) in [5.41, 5.74) is 1.65. The number of carbonyl (C=O) groups is 7. The van der Waals surface area contributed by atoms with E-state index in [0.29, 0.717) is 16.2 Å². The SMILES string of the molecule is [C-]#[N+]C[C@@H](O)[C@@H]1NC(=O)C([C@H](O)[C@@H](O)c2ccc(O)c(OSOOO)c2)NC(=O)C2CC(O)CN2C(=O)C(C(C)O)NC(=O)[C@@H](NC(=O)c2ccc(-c3cn4nc(-c5ccc(OC6CCCCC6)cc5)sc4n3)cc2)C[C@H](O)CNC(=O)C2[C@@H](O)C(C)CN2C1=O. The quantitative estimate of drug-likeness (QED) is 0.0190. The molecule has 3 saturated heterocycles. The van der Waals surface area contributed by atoms with Crippen LogP contribution in [0.2, 0.25) is 0 Å². The van der Waals surface area contributed by atoms with Gasteiger partial charge in [0.15, 0.2) is 17.6 Å². The molecule has 3 aliphatic heterocycles. The Balaban J connectivity index is 0.985. The lowest BCUT2D eigenvalue weighted by atomic mass is 9.96. The van der Waals surface area contributed by atoms with E-state index in [1.54, 1.807) is 22.8 Å². The largest absolute Gasteiger partial charge is 0.504 e. The number of aromatic nitrogens is 3. The van der Waals surface area contributed by atoms with Gasteiger partial charge in [-0.3, -0.25) is 33.6 Å². The molecule has 0 spiro atoms. The van der Waals surface area contributed by atoms with Gasteiger partial charge < -0.3 is 91.0 Å². The summed E-state index contributed by atoms with van der Waals surface area (Å²) in [6.45, 7) is 7.40. The molecular weight excluding hydrogens is 1230 g/mol. The Kier molecular flexibility index (Phi) is 22.1. The molecule has 91 heavy (non-hydrogen) atoms. The number of amides is 7. The number of nitrogens with one attached hydrogen (secondary N) is 5. The molecule has 1 saturated carbocycles. The van der Waals surface area contributed by atoms with Gasteiger partial charge in [-0.2, -0.15) is 5.10 Å². The van der Waals surface area contributed by atoms with E-state index in [0.717, 1.165) is 76.9 Å². The first-order chi connectivity index (χ1) is 43.5. The molecule has 5 heterocycles. The van der Waals surface area contributed by atoms with Crippen molar-refractivity contribution in [1.82, 2.24) is 51.0 Å². The van der Waals surface area contributed by atoms with Gasteiger partial charge >= 0.3 is 0 Å². The number of rotatable bonds is 16. The average molecular weight is 1300 g/mol. The van der Waals surface area contributed by atoms with Crippen LogP contribution in [0.3, 0.4) is 0 Å². The summed E-state index contributed by atoms with van der Waals surface area (Å²) >= 11 is 1.35. The molecule has 5 aromatic rings. The van der Waals surface area contributed by atoms with E-state index < -0.39 is 177 Å². The molecule has 0 bridgehead atoms. The summed E-state index contributed by atoms with van der Waals surface area (Å²) < 4.78 is 17.0. The zero-order valence-electron chi connectivity index (χ0n) is 48.9. The van der Waals surface area contributed by atoms with Gasteiger partial charge in [0.25, 0.3) is 18.2 Å². The summed E-state index contributed by atoms with van der Waals surface area (Å²) in [6, 6.07) is 4.75. The van der Waals surface area contributed by atoms with Gasteiger partial charge in [0.05, 0.1) is 42.4 Å². The van der Waals surface area contributed by atoms with E-state index in [4.69, 9.17) is 30.8 Å². The van der Waals surface area contributed by atoms with Crippen molar-refractivity contribution in [2.24, 2.45) is 5.92 Å². The molecule has 4 aliphatic rings. The van der Waals surface area contributed by atoms with E-state index in [1.165, 1.54) is 36.8 Å². The van der Waals surface area contributed by atoms with Crippen LogP contribution >= 0.6 is 23.7 Å². The lowest BCUT2D eigenvalue weighted by molar-refractivity contribution is -0.433. The highest BCUT2D eigenvalue weighted by Crippen LogP contribution is 2.35. The van der Waals surface area contributed by atoms with Crippen molar-refractivity contribution >= 4 is 70.0 Å². The van der Waals surface area contributed by atoms with E-state index in [1.807, 2.05) is 24.3 Å². The molecule has 33 heteroatoms. The molecular formula is C58H69N11O20S2. The molecule has 14 atom stereocenters. The Hall–Kier alpha value is -8.11. The van der Waals surface area contributed by atoms with Gasteiger partial charge in [-0.15, -0.1) is 0 Å². The summed E-state index contributed by atoms with van der Waals surface area (Å²) in [6.07, 6.45) is -7.24. The van der Waals surface area contributed by atoms with Crippen molar-refractivity contribution < 1.29 is 98.0 Å². The number of ether oxygens (including phenoxy) is 1. The maximum Gasteiger partial charge on any atom is 0.261 e. The number of aliphatic hydroxyl groups excluding tert-OH is 7. The number of phenols is 1. The predicted octanol–water partition coefficient (Wildman–Crippen LogP) is -0.736. The van der Waals surface area contributed by atoms with Crippen LogP contribution in [0.15, 0.2) is 72.9 Å². The van der Waals surface area contributed by atoms with E-state index in [9.17, 15) is 74.4 Å². The van der Waals surface area contributed by atoms with Crippen molar-refractivity contribution in [2.45, 2.75) is 144 Å². The minimum Gasteiger partial charge on any atom is -0.504 e. The number of aliphatic hydroxyl groups is 7. The molecule has 7 unspecified atom stereocenters. The first kappa shape index (κ1) is 67.3. The standard InChI is InChI=1S/C58H69N11O20S2/c1-27-24-68-46(47(27)75)54(82)60-22-33(71)20-37(61-50(78)30-11-9-29(10-12-30)38-26-69-58(62-38)90-55(66-69)31-13-16-36(17-14-31)86-35-7-5-4-6-8-35)51(79)63-43(28(2)70)56(83)67-25-34(72)21-39(67)52(80)65-45(53(81)64-44(57(68)84)41(74)23-59-3)49(77)48(76)32-15-18-40(73)42(19-32)87-91-89-88-85/h9-19,26-28,33-35,37,39,41,43-49,70-77,85H,4-8,20-25H2,1-2H3,(H,60,82)(H,61,78)(H,63,79)(H,64,81)(H,65,80)/t27?,28?,33-,34?,37-,39?,41+,43?,44-,45?,46?,47-,48-,49-/m0/s1. The number of nitrogens with zero attached hydrogens (tertiary/aromatic N) is 6. The van der Waals surface area contributed by atoms with Gasteiger partial charge in [0, 0.05) is 55.1 Å². The zero-order valence-corrected chi connectivity index (χ0v) is 50.5. The van der Waals surface area contributed by atoms with E-state index >= 15 is 0 Å². The van der Waals surface area contributed by atoms with E-state index in [-0.39, 0.29) is 29.6 Å². The summed E-state index contributed by atoms with van der Waals surface area (Å²) in [5, 5.41) is 119. The third kappa shape index (κ3) is 15.8. The van der Waals surface area contributed by atoms with Gasteiger partial charge in [-0.05, 0) is 86.7 Å². The van der Waals surface area contributed by atoms with E-state index in [2.05, 4.69) is 40.8 Å². The number of carbonyl (C=O) groups excluding carboxylic acids is 7. The predicted molar refractivity (Wildman–Crippen MR) is 318 cm³/mol. The van der Waals surface area contributed by atoms with Crippen LogP contribution < -0.4 is 35.5 Å². The van der Waals surface area contributed by atoms with Gasteiger partial charge in [0.2, 0.25) is 46.9 Å². The molecule has 4 fully saturated rings. The molecule has 2 aromatic heterocycles. The first-order valence-electron chi connectivity index (χ1n) is 29.1. The summed E-state index contributed by atoms with van der Waals surface area (Å²) in [7, 11) is 0. The molecule has 7 amide bonds. The number of β-amino-alcohol motifs (C(OH)–C–C–N with tert-alkyl or cyclic N) is 1. The monoisotopic (exact) mass is 1300 g/mol. The zero-order chi connectivity index (χ0) is 65.4. The minimum atomic E-state index is -2.49. The Labute approximate surface area is 527 Å². The molecule has 9 rings (SSSR count). The number of hydrogen-bond donors (Lipinski definition) is 14. The van der Waals surface area contributed by atoms with Crippen molar-refractivity contribution in [1.29, 1.82) is 0 Å². The molecule has 488 valence electrons. The topological polar surface area (TPSA) is 440 Å². The lowest BCUT2D eigenvalue weighted by Gasteiger charge is -2.34. The van der Waals surface area contributed by atoms with Crippen molar-refractivity contribution in [3.05, 3.63) is 95.5 Å². The lowest BCUT2D eigenvalue weighted by Crippen LogP contribution is -2.64. The highest BCUT2D eigenvalue weighted by molar-refractivity contribution is 7.90. The number of phenolic OH excluding ortho intramolecular Hbond substituents is 1. The Morgan fingerprint density at radius 3 is 2.19 bits per heavy atom. The van der Waals surface area contributed by atoms with Crippen molar-refractivity contribution in [2.75, 3.05) is 26.2 Å². The molecule has 14 N–H and O–H groups in total. The number of fused-ring (bicyclic) bond motifs is 3. The van der Waals surface area contributed by atoms with Gasteiger partial charge in [-0.1, -0.05) is 52.3 Å². The number of imidazole rings is 1. The fourth-order valence-corrected chi connectivity index (χ4v) is 12.5.